The number of rotatable bonds is 2. The number of hydrogen-bond donors (Lipinski definition) is 1. The molecule has 0 saturated carbocycles. The summed E-state index contributed by atoms with van der Waals surface area (Å²) in [6, 6.07) is 0. The third-order valence-electron chi connectivity index (χ3n) is 0.566. The molecule has 0 aromatic carbocycles. The van der Waals surface area contributed by atoms with E-state index in [1.54, 1.807) is 0 Å². The fourth-order valence-electron chi connectivity index (χ4n) is 0.566. The minimum atomic E-state index is 1.03. The second kappa shape index (κ2) is 29.2. The first-order valence-corrected chi connectivity index (χ1v) is 5.84. The van der Waals surface area contributed by atoms with Gasteiger partial charge >= 0.3 is 0 Å². The molecule has 0 spiro atoms. The molecule has 0 heterocycles. The average molecular weight is 221 g/mol. The third kappa shape index (κ3) is 130. The van der Waals surface area contributed by atoms with Gasteiger partial charge in [-0.25, -0.2) is 0 Å². The lowest BCUT2D eigenvalue weighted by Gasteiger charge is -2.14. The molecule has 0 atom stereocenters. The van der Waals surface area contributed by atoms with Crippen LogP contribution in [0.25, 0.3) is 0 Å². The van der Waals surface area contributed by atoms with Gasteiger partial charge in [0.05, 0.1) is 0 Å². The van der Waals surface area contributed by atoms with Crippen molar-refractivity contribution >= 4 is 0 Å². The highest BCUT2D eigenvalue weighted by Gasteiger charge is 1.87. The summed E-state index contributed by atoms with van der Waals surface area (Å²) in [5, 5.41) is 2.75. The first-order chi connectivity index (χ1) is 6.95. The molecular weight excluding hydrogens is 186 g/mol. The lowest BCUT2D eigenvalue weighted by atomic mass is 10.6. The maximum absolute atomic E-state index is 2.75. The van der Waals surface area contributed by atoms with Crippen LogP contribution in [0.1, 0.15) is 34.1 Å². The Kier molecular flexibility index (Phi) is 47.1. The van der Waals surface area contributed by atoms with Gasteiger partial charge in [-0.3, -0.25) is 9.80 Å². The Morgan fingerprint density at radius 3 is 0.933 bits per heavy atom. The standard InChI is InChI=1S/C5H14N2.C3H8.C2H7N.C2H6/c1-6(2)5-7(3)4;2*1-3-2;1-2/h5H2,1-4H3;3H2,1-2H3;3H,1-2H3;1-2H3. The Morgan fingerprint density at radius 2 is 0.933 bits per heavy atom. The third-order valence-corrected chi connectivity index (χ3v) is 0.566. The van der Waals surface area contributed by atoms with Crippen LogP contribution < -0.4 is 5.32 Å². The number of nitrogens with one attached hydrogen (secondary N) is 1. The molecule has 0 saturated heterocycles. The molecule has 98 valence electrons. The summed E-state index contributed by atoms with van der Waals surface area (Å²) in [6.07, 6.45) is 1.25. The van der Waals surface area contributed by atoms with Crippen molar-refractivity contribution in [1.29, 1.82) is 0 Å². The van der Waals surface area contributed by atoms with Crippen LogP contribution in [0.15, 0.2) is 0 Å². The van der Waals surface area contributed by atoms with Crippen molar-refractivity contribution in [2.75, 3.05) is 49.0 Å². The van der Waals surface area contributed by atoms with Gasteiger partial charge in [-0.1, -0.05) is 34.1 Å². The van der Waals surface area contributed by atoms with E-state index in [4.69, 9.17) is 0 Å². The van der Waals surface area contributed by atoms with E-state index in [2.05, 4.69) is 57.2 Å². The average Bonchev–Trinajstić information content (AvgIpc) is 2.07. The van der Waals surface area contributed by atoms with Crippen LogP contribution in [0.2, 0.25) is 0 Å². The maximum Gasteiger partial charge on any atom is 0.0495 e. The van der Waals surface area contributed by atoms with E-state index in [1.165, 1.54) is 6.42 Å². The summed E-state index contributed by atoms with van der Waals surface area (Å²) in [5.41, 5.74) is 0. The van der Waals surface area contributed by atoms with E-state index in [1.807, 2.05) is 27.9 Å². The van der Waals surface area contributed by atoms with Crippen molar-refractivity contribution in [3.05, 3.63) is 0 Å². The molecule has 0 fully saturated rings. The summed E-state index contributed by atoms with van der Waals surface area (Å²) >= 11 is 0. The molecule has 0 aromatic rings. The molecule has 0 bridgehead atoms. The van der Waals surface area contributed by atoms with E-state index >= 15 is 0 Å². The van der Waals surface area contributed by atoms with Crippen molar-refractivity contribution in [2.45, 2.75) is 34.1 Å². The minimum absolute atomic E-state index is 1.03. The van der Waals surface area contributed by atoms with Crippen molar-refractivity contribution in [3.63, 3.8) is 0 Å². The van der Waals surface area contributed by atoms with Gasteiger partial charge in [-0.05, 0) is 42.3 Å². The predicted octanol–water partition coefficient (Wildman–Crippen LogP) is 2.35. The van der Waals surface area contributed by atoms with Crippen molar-refractivity contribution < 1.29 is 0 Å². The van der Waals surface area contributed by atoms with Gasteiger partial charge < -0.3 is 5.32 Å². The Balaban J connectivity index is -0.0000000638. The van der Waals surface area contributed by atoms with Crippen LogP contribution in [-0.4, -0.2) is 58.8 Å². The molecule has 0 aliphatic rings. The summed E-state index contributed by atoms with van der Waals surface area (Å²) in [5.74, 6) is 0. The summed E-state index contributed by atoms with van der Waals surface area (Å²) < 4.78 is 0. The molecule has 0 aliphatic carbocycles. The van der Waals surface area contributed by atoms with E-state index in [9.17, 15) is 0 Å². The zero-order valence-corrected chi connectivity index (χ0v) is 12.8. The van der Waals surface area contributed by atoms with Crippen LogP contribution in [-0.2, 0) is 0 Å². The van der Waals surface area contributed by atoms with Crippen LogP contribution in [0.4, 0.5) is 0 Å². The fraction of sp³-hybridized carbons (Fsp3) is 1.00. The molecule has 0 radical (unpaired) electrons. The van der Waals surface area contributed by atoms with Gasteiger partial charge in [0.25, 0.3) is 0 Å². The fourth-order valence-corrected chi connectivity index (χ4v) is 0.566. The highest BCUT2D eigenvalue weighted by molar-refractivity contribution is 4.35. The van der Waals surface area contributed by atoms with Crippen molar-refractivity contribution in [3.8, 4) is 0 Å². The molecule has 0 aliphatic heterocycles. The lowest BCUT2D eigenvalue weighted by molar-refractivity contribution is 0.245. The monoisotopic (exact) mass is 221 g/mol. The molecule has 0 aromatic heterocycles. The lowest BCUT2D eigenvalue weighted by Crippen LogP contribution is -2.26. The summed E-state index contributed by atoms with van der Waals surface area (Å²) in [4.78, 5) is 4.25. The zero-order valence-electron chi connectivity index (χ0n) is 12.8. The SMILES string of the molecule is CC.CCC.CN(C)CN(C)C.CNC. The molecule has 1 N–H and O–H groups in total. The summed E-state index contributed by atoms with van der Waals surface area (Å²) in [6.45, 7) is 9.28. The van der Waals surface area contributed by atoms with Gasteiger partial charge in [0.1, 0.15) is 0 Å². The van der Waals surface area contributed by atoms with Gasteiger partial charge in [0.2, 0.25) is 0 Å². The van der Waals surface area contributed by atoms with E-state index < -0.39 is 0 Å². The number of nitrogens with zero attached hydrogens (tertiary/aromatic N) is 2. The highest BCUT2D eigenvalue weighted by Crippen LogP contribution is 1.74. The molecule has 3 heteroatoms. The Morgan fingerprint density at radius 1 is 0.800 bits per heavy atom. The van der Waals surface area contributed by atoms with Crippen LogP contribution in [0.3, 0.4) is 0 Å². The van der Waals surface area contributed by atoms with Crippen LogP contribution in [0, 0.1) is 0 Å². The second-order valence-electron chi connectivity index (χ2n) is 3.51. The minimum Gasteiger partial charge on any atom is -0.323 e. The Labute approximate surface area is 98.8 Å². The zero-order chi connectivity index (χ0) is 13.3. The highest BCUT2D eigenvalue weighted by atomic mass is 15.2. The molecule has 0 rings (SSSR count). The van der Waals surface area contributed by atoms with Crippen molar-refractivity contribution in [1.82, 2.24) is 15.1 Å². The number of hydrogen-bond acceptors (Lipinski definition) is 3. The van der Waals surface area contributed by atoms with E-state index in [0.717, 1.165) is 6.67 Å². The van der Waals surface area contributed by atoms with Gasteiger partial charge in [0, 0.05) is 6.67 Å². The normalized spacial score (nSPS) is 8.00. The molecular formula is C12H35N3. The van der Waals surface area contributed by atoms with Gasteiger partial charge in [0.15, 0.2) is 0 Å². The predicted molar refractivity (Wildman–Crippen MR) is 74.5 cm³/mol. The van der Waals surface area contributed by atoms with Crippen LogP contribution >= 0.6 is 0 Å². The first-order valence-electron chi connectivity index (χ1n) is 5.84. The molecule has 0 amide bonds. The first kappa shape index (κ1) is 24.2. The van der Waals surface area contributed by atoms with E-state index in [-0.39, 0.29) is 0 Å². The Hall–Kier alpha value is -0.120. The van der Waals surface area contributed by atoms with Crippen LogP contribution in [0.5, 0.6) is 0 Å². The van der Waals surface area contributed by atoms with Gasteiger partial charge in [-0.15, -0.1) is 0 Å². The largest absolute Gasteiger partial charge is 0.323 e. The molecule has 15 heavy (non-hydrogen) atoms. The van der Waals surface area contributed by atoms with E-state index in [0.29, 0.717) is 0 Å². The smallest absolute Gasteiger partial charge is 0.0495 e. The van der Waals surface area contributed by atoms with Crippen molar-refractivity contribution in [2.24, 2.45) is 0 Å². The second-order valence-corrected chi connectivity index (χ2v) is 3.51. The Bertz CT molecular complexity index is 55.9. The molecule has 3 nitrogen and oxygen atoms in total. The summed E-state index contributed by atoms with van der Waals surface area (Å²) in [7, 11) is 12.0. The van der Waals surface area contributed by atoms with Gasteiger partial charge in [-0.2, -0.15) is 0 Å². The maximum atomic E-state index is 2.75. The quantitative estimate of drug-likeness (QED) is 0.722. The molecule has 0 unspecified atom stereocenters. The topological polar surface area (TPSA) is 18.5 Å².